The lowest BCUT2D eigenvalue weighted by molar-refractivity contribution is 0.0599. The number of ether oxygens (including phenoxy) is 1. The number of aromatic amines is 1. The monoisotopic (exact) mass is 669 g/mol. The number of H-pyrrole nitrogens is 1. The van der Waals surface area contributed by atoms with E-state index in [1.54, 1.807) is 43.3 Å². The largest absolute Gasteiger partial charge is 0.477 e. The molecule has 1 amide bonds. The molecule has 2 heterocycles. The highest BCUT2D eigenvalue weighted by Crippen LogP contribution is 2.16. The van der Waals surface area contributed by atoms with E-state index in [1.807, 2.05) is 0 Å². The van der Waals surface area contributed by atoms with Crippen LogP contribution in [0.2, 0.25) is 0 Å². The number of nitrogens with two attached hydrogens (primary N) is 2. The fourth-order valence-electron chi connectivity index (χ4n) is 4.31. The van der Waals surface area contributed by atoms with E-state index in [-0.39, 0.29) is 47.4 Å². The summed E-state index contributed by atoms with van der Waals surface area (Å²) in [5.41, 5.74) is 10.7. The van der Waals surface area contributed by atoms with Gasteiger partial charge in [-0.2, -0.15) is 0 Å². The molecule has 0 radical (unpaired) electrons. The molecule has 1 atom stereocenters. The molecule has 5 aromatic rings. The van der Waals surface area contributed by atoms with Crippen molar-refractivity contribution in [3.8, 4) is 0 Å². The van der Waals surface area contributed by atoms with Crippen molar-refractivity contribution in [3.63, 3.8) is 0 Å². The van der Waals surface area contributed by atoms with Crippen molar-refractivity contribution in [2.75, 3.05) is 18.2 Å². The number of carbonyl (C=O) groups is 3. The number of aromatic nitrogens is 3. The van der Waals surface area contributed by atoms with Gasteiger partial charge in [0.1, 0.15) is 22.9 Å². The predicted molar refractivity (Wildman–Crippen MR) is 171 cm³/mol. The van der Waals surface area contributed by atoms with Crippen molar-refractivity contribution in [3.05, 3.63) is 125 Å². The van der Waals surface area contributed by atoms with Crippen LogP contribution in [-0.2, 0) is 17.8 Å². The number of carbonyl (C=O) groups excluding carboxylic acids is 2. The van der Waals surface area contributed by atoms with Crippen LogP contribution in [0.1, 0.15) is 61.0 Å². The van der Waals surface area contributed by atoms with Gasteiger partial charge in [-0.1, -0.05) is 18.2 Å². The molecule has 3 aromatic carbocycles. The number of aromatic carboxylic acids is 1. The zero-order chi connectivity index (χ0) is 33.7. The number of nitrogen functional groups attached to an aromatic ring is 1. The van der Waals surface area contributed by atoms with Crippen molar-refractivity contribution in [1.29, 1.82) is 0 Å². The van der Waals surface area contributed by atoms with Gasteiger partial charge in [0, 0.05) is 30.8 Å². The standard InChI is InChI=1S/C18H16N4O6.C12H12FN3O2.ClH/c1-9(10-3-5-11(6-4-10)18(27)28-2)19-16(24)12-7-13(17(25)26)22-14(20-12)8-15(23)21-22;13-8-2-1-6(4-14)3-7(8)5-16-10-9(15)11(17)12(10)18;/h3-9H,1-2H3,(H,19,24)(H,21,23)(H,25,26);1-3,16H,4-5,14-15H2;1H/t9-;;/m0../s1. The highest BCUT2D eigenvalue weighted by molar-refractivity contribution is 5.96. The van der Waals surface area contributed by atoms with E-state index in [2.05, 4.69) is 25.5 Å². The Bertz CT molecular complexity index is 2090. The molecule has 0 aliphatic rings. The van der Waals surface area contributed by atoms with E-state index in [0.717, 1.165) is 27.8 Å². The lowest BCUT2D eigenvalue weighted by Crippen LogP contribution is -2.37. The van der Waals surface area contributed by atoms with Gasteiger partial charge in [-0.25, -0.2) is 23.5 Å². The number of methoxy groups -OCH3 is 1. The highest BCUT2D eigenvalue weighted by Gasteiger charge is 2.20. The molecule has 47 heavy (non-hydrogen) atoms. The van der Waals surface area contributed by atoms with Gasteiger partial charge in [-0.05, 0) is 42.3 Å². The molecule has 0 saturated carbocycles. The van der Waals surface area contributed by atoms with Crippen LogP contribution in [-0.4, -0.2) is 44.7 Å². The molecular weight excluding hydrogens is 641 g/mol. The van der Waals surface area contributed by atoms with Crippen LogP contribution >= 0.6 is 12.4 Å². The molecule has 0 saturated heterocycles. The fraction of sp³-hybridized carbons (Fsp3) is 0.167. The van der Waals surface area contributed by atoms with Crippen molar-refractivity contribution in [2.45, 2.75) is 26.1 Å². The van der Waals surface area contributed by atoms with Crippen LogP contribution in [0.25, 0.3) is 5.65 Å². The quantitative estimate of drug-likeness (QED) is 0.0966. The fourth-order valence-corrected chi connectivity index (χ4v) is 4.31. The van der Waals surface area contributed by atoms with E-state index in [4.69, 9.17) is 11.5 Å². The highest BCUT2D eigenvalue weighted by atomic mass is 35.5. The summed E-state index contributed by atoms with van der Waals surface area (Å²) in [4.78, 5) is 72.9. The molecule has 0 bridgehead atoms. The van der Waals surface area contributed by atoms with Gasteiger partial charge in [-0.15, -0.1) is 12.4 Å². The minimum Gasteiger partial charge on any atom is -0.477 e. The lowest BCUT2D eigenvalue weighted by atomic mass is 10.1. The van der Waals surface area contributed by atoms with Crippen LogP contribution < -0.4 is 38.5 Å². The second kappa shape index (κ2) is 14.9. The number of halogens is 2. The first kappa shape index (κ1) is 35.6. The Balaban J connectivity index is 0.000000274. The summed E-state index contributed by atoms with van der Waals surface area (Å²) < 4.78 is 19.1. The summed E-state index contributed by atoms with van der Waals surface area (Å²) in [6.45, 7) is 2.10. The Hall–Kier alpha value is -5.87. The SMILES string of the molecule is COC(=O)c1ccc([C@H](C)NC(=O)c2cc(C(=O)O)n3[nH]c(=O)cc3n2)cc1.Cl.NCc1ccc(F)c(CNc2c(N)c(=O)c2=O)c1. The Labute approximate surface area is 270 Å². The van der Waals surface area contributed by atoms with E-state index < -0.39 is 46.1 Å². The number of fused-ring (bicyclic) bond motifs is 1. The molecule has 0 unspecified atom stereocenters. The molecular formula is C30H29ClFN7O8. The van der Waals surface area contributed by atoms with Crippen LogP contribution in [0, 0.1) is 5.82 Å². The van der Waals surface area contributed by atoms with Crippen LogP contribution in [0.3, 0.4) is 0 Å². The van der Waals surface area contributed by atoms with E-state index in [1.165, 1.54) is 13.2 Å². The summed E-state index contributed by atoms with van der Waals surface area (Å²) in [6.07, 6.45) is 0. The van der Waals surface area contributed by atoms with Crippen LogP contribution in [0.5, 0.6) is 0 Å². The van der Waals surface area contributed by atoms with Crippen molar-refractivity contribution in [2.24, 2.45) is 5.73 Å². The first-order valence-electron chi connectivity index (χ1n) is 13.5. The summed E-state index contributed by atoms with van der Waals surface area (Å²) >= 11 is 0. The van der Waals surface area contributed by atoms with Gasteiger partial charge in [0.25, 0.3) is 22.3 Å². The number of benzene rings is 2. The predicted octanol–water partition coefficient (Wildman–Crippen LogP) is 1.49. The molecule has 5 rings (SSSR count). The number of nitrogens with zero attached hydrogens (tertiary/aromatic N) is 2. The van der Waals surface area contributed by atoms with Crippen LogP contribution in [0.4, 0.5) is 15.8 Å². The van der Waals surface area contributed by atoms with E-state index >= 15 is 0 Å². The molecule has 0 fully saturated rings. The van der Waals surface area contributed by atoms with Gasteiger partial charge in [-0.3, -0.25) is 24.3 Å². The molecule has 8 N–H and O–H groups in total. The summed E-state index contributed by atoms with van der Waals surface area (Å²) in [5, 5.41) is 17.0. The number of hydrogen-bond donors (Lipinski definition) is 6. The van der Waals surface area contributed by atoms with Gasteiger partial charge >= 0.3 is 11.9 Å². The summed E-state index contributed by atoms with van der Waals surface area (Å²) in [7, 11) is 1.28. The number of carboxylic acids is 1. The summed E-state index contributed by atoms with van der Waals surface area (Å²) in [6, 6.07) is 12.7. The summed E-state index contributed by atoms with van der Waals surface area (Å²) in [5.74, 6) is -2.80. The van der Waals surface area contributed by atoms with E-state index in [0.29, 0.717) is 17.7 Å². The van der Waals surface area contributed by atoms with Gasteiger partial charge in [0.05, 0.1) is 18.7 Å². The maximum Gasteiger partial charge on any atom is 0.354 e. The average molecular weight is 670 g/mol. The zero-order valence-corrected chi connectivity index (χ0v) is 25.6. The Morgan fingerprint density at radius 3 is 2.34 bits per heavy atom. The normalized spacial score (nSPS) is 11.1. The van der Waals surface area contributed by atoms with Gasteiger partial charge in [0.15, 0.2) is 11.3 Å². The van der Waals surface area contributed by atoms with E-state index in [9.17, 15) is 38.3 Å². The molecule has 0 aliphatic carbocycles. The molecule has 0 aliphatic heterocycles. The Morgan fingerprint density at radius 2 is 1.74 bits per heavy atom. The number of rotatable bonds is 9. The third-order valence-corrected chi connectivity index (χ3v) is 6.84. The number of nitrogens with one attached hydrogen (secondary N) is 3. The average Bonchev–Trinajstić information content (AvgIpc) is 3.44. The third kappa shape index (κ3) is 7.86. The van der Waals surface area contributed by atoms with Crippen molar-refractivity contribution in [1.82, 2.24) is 19.9 Å². The van der Waals surface area contributed by atoms with Crippen LogP contribution in [0.15, 0.2) is 69.0 Å². The number of anilines is 2. The van der Waals surface area contributed by atoms with Crippen molar-refractivity contribution >= 4 is 47.3 Å². The second-order valence-corrected chi connectivity index (χ2v) is 9.88. The lowest BCUT2D eigenvalue weighted by Gasteiger charge is -2.15. The smallest absolute Gasteiger partial charge is 0.354 e. The molecule has 17 heteroatoms. The Kier molecular flexibility index (Phi) is 11.3. The second-order valence-electron chi connectivity index (χ2n) is 9.88. The minimum absolute atomic E-state index is 0. The van der Waals surface area contributed by atoms with Crippen molar-refractivity contribution < 1.29 is 28.6 Å². The molecule has 0 spiro atoms. The third-order valence-electron chi connectivity index (χ3n) is 6.84. The number of hydrogen-bond acceptors (Lipinski definition) is 11. The number of amides is 1. The molecule has 246 valence electrons. The minimum atomic E-state index is -1.32. The first-order chi connectivity index (χ1) is 21.8. The zero-order valence-electron chi connectivity index (χ0n) is 24.8. The Morgan fingerprint density at radius 1 is 1.06 bits per heavy atom. The van der Waals surface area contributed by atoms with Gasteiger partial charge < -0.3 is 31.9 Å². The topological polar surface area (TPSA) is 241 Å². The molecule has 15 nitrogen and oxygen atoms in total. The first-order valence-corrected chi connectivity index (χ1v) is 13.5. The number of carboxylic acid groups (broad SMARTS) is 1. The maximum absolute atomic E-state index is 13.5. The number of esters is 1. The molecule has 2 aromatic heterocycles. The maximum atomic E-state index is 13.5. The van der Waals surface area contributed by atoms with Gasteiger partial charge in [0.2, 0.25) is 0 Å².